The molecule has 0 aliphatic carbocycles. The average molecular weight is 415 g/mol. The lowest BCUT2D eigenvalue weighted by Gasteiger charge is -2.25. The normalized spacial score (nSPS) is 17.4. The molecule has 2 aliphatic heterocycles. The number of fused-ring (bicyclic) bond motifs is 1. The van der Waals surface area contributed by atoms with Crippen molar-refractivity contribution in [3.63, 3.8) is 0 Å². The lowest BCUT2D eigenvalue weighted by atomic mass is 10.0. The largest absolute Gasteiger partial charge is 0.454 e. The van der Waals surface area contributed by atoms with Crippen LogP contribution in [0.3, 0.4) is 0 Å². The quantitative estimate of drug-likeness (QED) is 0.723. The van der Waals surface area contributed by atoms with Crippen LogP contribution in [-0.4, -0.2) is 61.5 Å². The van der Waals surface area contributed by atoms with E-state index in [-0.39, 0.29) is 37.8 Å². The van der Waals surface area contributed by atoms with Crippen LogP contribution in [0.5, 0.6) is 11.5 Å². The minimum Gasteiger partial charge on any atom is -0.454 e. The molecule has 2 amide bonds. The lowest BCUT2D eigenvalue weighted by molar-refractivity contribution is -0.142. The van der Waals surface area contributed by atoms with Gasteiger partial charge in [0.1, 0.15) is 13.2 Å². The molecule has 0 bridgehead atoms. The van der Waals surface area contributed by atoms with Crippen LogP contribution < -0.4 is 9.47 Å². The maximum Gasteiger partial charge on any atom is 0.262 e. The molecule has 0 fully saturated rings. The first kappa shape index (κ1) is 19.4. The lowest BCUT2D eigenvalue weighted by Crippen LogP contribution is -2.40. The third-order valence-electron chi connectivity index (χ3n) is 4.82. The topological polar surface area (TPSA) is 80.7 Å². The molecular weight excluding hydrogens is 394 g/mol. The van der Waals surface area contributed by atoms with Crippen molar-refractivity contribution in [2.45, 2.75) is 12.5 Å². The molecule has 1 aromatic carbocycles. The van der Waals surface area contributed by atoms with Crippen LogP contribution in [0.25, 0.3) is 0 Å². The Morgan fingerprint density at radius 1 is 1.31 bits per heavy atom. The van der Waals surface area contributed by atoms with Gasteiger partial charge >= 0.3 is 0 Å². The van der Waals surface area contributed by atoms with Crippen LogP contribution in [0.15, 0.2) is 40.8 Å². The Bertz CT molecular complexity index is 944. The number of carbonyl (C=O) groups is 2. The summed E-state index contributed by atoms with van der Waals surface area (Å²) in [6.45, 7) is 0.0407. The Hall–Kier alpha value is -2.91. The molecule has 1 atom stereocenters. The molecule has 9 heteroatoms. The van der Waals surface area contributed by atoms with E-state index in [9.17, 15) is 9.59 Å². The highest BCUT2D eigenvalue weighted by Crippen LogP contribution is 2.39. The van der Waals surface area contributed by atoms with Crippen LogP contribution >= 0.6 is 11.3 Å². The summed E-state index contributed by atoms with van der Waals surface area (Å²) in [5.41, 5.74) is 1.76. The van der Waals surface area contributed by atoms with Gasteiger partial charge < -0.3 is 19.1 Å². The second-order valence-electron chi connectivity index (χ2n) is 6.78. The van der Waals surface area contributed by atoms with Crippen molar-refractivity contribution in [3.05, 3.63) is 46.2 Å². The second kappa shape index (κ2) is 8.22. The second-order valence-corrected chi connectivity index (χ2v) is 7.73. The molecule has 29 heavy (non-hydrogen) atoms. The summed E-state index contributed by atoms with van der Waals surface area (Å²) in [7, 11) is 3.02. The summed E-state index contributed by atoms with van der Waals surface area (Å²) in [6.07, 6.45) is 0.585. The van der Waals surface area contributed by atoms with Gasteiger partial charge in [0, 0.05) is 20.6 Å². The molecule has 0 spiro atoms. The number of carbonyl (C=O) groups excluding carboxylic acids is 2. The number of nitrogens with zero attached hydrogens (tertiary/aromatic N) is 3. The Morgan fingerprint density at radius 2 is 2.14 bits per heavy atom. The van der Waals surface area contributed by atoms with Crippen molar-refractivity contribution in [2.24, 2.45) is 5.10 Å². The fraction of sp³-hybridized carbons (Fsp3) is 0.350. The smallest absolute Gasteiger partial charge is 0.262 e. The van der Waals surface area contributed by atoms with E-state index in [4.69, 9.17) is 14.2 Å². The van der Waals surface area contributed by atoms with E-state index in [0.29, 0.717) is 17.9 Å². The van der Waals surface area contributed by atoms with Crippen molar-refractivity contribution in [1.82, 2.24) is 9.91 Å². The highest BCUT2D eigenvalue weighted by molar-refractivity contribution is 7.12. The summed E-state index contributed by atoms with van der Waals surface area (Å²) in [5.74, 6) is 0.828. The molecule has 1 aromatic heterocycles. The zero-order chi connectivity index (χ0) is 20.4. The third-order valence-corrected chi connectivity index (χ3v) is 5.74. The number of thiophene rings is 1. The van der Waals surface area contributed by atoms with Gasteiger partial charge in [0.25, 0.3) is 5.91 Å². The molecule has 0 saturated carbocycles. The number of ether oxygens (including phenoxy) is 3. The summed E-state index contributed by atoms with van der Waals surface area (Å²) in [4.78, 5) is 27.4. The molecule has 1 unspecified atom stereocenters. The summed E-state index contributed by atoms with van der Waals surface area (Å²) >= 11 is 1.58. The van der Waals surface area contributed by atoms with Crippen molar-refractivity contribution in [1.29, 1.82) is 0 Å². The zero-order valence-electron chi connectivity index (χ0n) is 16.2. The SMILES string of the molecule is COCC(=O)N(C)CC(=O)N1N=C(c2cccs2)CC1c1ccc2c(c1)OCO2. The highest BCUT2D eigenvalue weighted by atomic mass is 32.1. The van der Waals surface area contributed by atoms with Crippen LogP contribution in [0, 0.1) is 0 Å². The minimum atomic E-state index is -0.278. The number of methoxy groups -OCH3 is 1. The Labute approximate surface area is 172 Å². The standard InChI is InChI=1S/C20H21N3O5S/c1-22(20(25)11-26-2)10-19(24)23-15(9-14(21-23)18-4-3-7-29-18)13-5-6-16-17(8-13)28-12-27-16/h3-8,15H,9-12H2,1-2H3. The van der Waals surface area contributed by atoms with E-state index in [1.807, 2.05) is 35.7 Å². The van der Waals surface area contributed by atoms with Crippen LogP contribution in [0.1, 0.15) is 22.9 Å². The molecule has 0 radical (unpaired) electrons. The van der Waals surface area contributed by atoms with Crippen LogP contribution in [0.2, 0.25) is 0 Å². The zero-order valence-corrected chi connectivity index (χ0v) is 17.0. The highest BCUT2D eigenvalue weighted by Gasteiger charge is 2.35. The third kappa shape index (κ3) is 3.96. The molecule has 0 saturated heterocycles. The van der Waals surface area contributed by atoms with E-state index in [0.717, 1.165) is 16.2 Å². The molecular formula is C20H21N3O5S. The molecule has 3 heterocycles. The van der Waals surface area contributed by atoms with Crippen LogP contribution in [-0.2, 0) is 14.3 Å². The van der Waals surface area contributed by atoms with E-state index in [1.165, 1.54) is 17.0 Å². The first-order valence-corrected chi connectivity index (χ1v) is 10.0. The van der Waals surface area contributed by atoms with Gasteiger partial charge in [0.05, 0.1) is 16.6 Å². The molecule has 2 aliphatic rings. The number of benzene rings is 1. The van der Waals surface area contributed by atoms with Crippen molar-refractivity contribution in [2.75, 3.05) is 34.1 Å². The molecule has 0 N–H and O–H groups in total. The van der Waals surface area contributed by atoms with E-state index < -0.39 is 0 Å². The van der Waals surface area contributed by atoms with Gasteiger partial charge in [-0.1, -0.05) is 12.1 Å². The molecule has 8 nitrogen and oxygen atoms in total. The fourth-order valence-electron chi connectivity index (χ4n) is 3.31. The first-order valence-electron chi connectivity index (χ1n) is 9.12. The Morgan fingerprint density at radius 3 is 2.90 bits per heavy atom. The van der Waals surface area contributed by atoms with Gasteiger partial charge in [-0.25, -0.2) is 5.01 Å². The maximum absolute atomic E-state index is 13.0. The average Bonchev–Trinajstić information content (AvgIpc) is 3.46. The van der Waals surface area contributed by atoms with Gasteiger partial charge in [0.2, 0.25) is 12.7 Å². The predicted molar refractivity (Wildman–Crippen MR) is 107 cm³/mol. The fourth-order valence-corrected chi connectivity index (χ4v) is 4.03. The number of hydrazone groups is 1. The maximum atomic E-state index is 13.0. The van der Waals surface area contributed by atoms with Gasteiger partial charge in [-0.15, -0.1) is 11.3 Å². The summed E-state index contributed by atoms with van der Waals surface area (Å²) in [5, 5.41) is 8.07. The number of amides is 2. The van der Waals surface area contributed by atoms with E-state index in [1.54, 1.807) is 18.4 Å². The molecule has 152 valence electrons. The van der Waals surface area contributed by atoms with Gasteiger partial charge in [-0.2, -0.15) is 5.10 Å². The minimum absolute atomic E-state index is 0.0704. The summed E-state index contributed by atoms with van der Waals surface area (Å²) < 4.78 is 15.7. The monoisotopic (exact) mass is 415 g/mol. The number of rotatable bonds is 6. The van der Waals surface area contributed by atoms with Crippen LogP contribution in [0.4, 0.5) is 0 Å². The van der Waals surface area contributed by atoms with Gasteiger partial charge in [-0.3, -0.25) is 9.59 Å². The number of hydrogen-bond acceptors (Lipinski definition) is 7. The first-order chi connectivity index (χ1) is 14.1. The van der Waals surface area contributed by atoms with Crippen molar-refractivity contribution >= 4 is 28.9 Å². The van der Waals surface area contributed by atoms with E-state index in [2.05, 4.69) is 5.10 Å². The van der Waals surface area contributed by atoms with Crippen molar-refractivity contribution in [3.8, 4) is 11.5 Å². The van der Waals surface area contributed by atoms with Gasteiger partial charge in [-0.05, 0) is 29.1 Å². The molecule has 4 rings (SSSR count). The van der Waals surface area contributed by atoms with Crippen molar-refractivity contribution < 1.29 is 23.8 Å². The Balaban J connectivity index is 1.59. The number of likely N-dealkylation sites (N-methyl/N-ethyl adjacent to an activating group) is 1. The van der Waals surface area contributed by atoms with E-state index >= 15 is 0 Å². The summed E-state index contributed by atoms with van der Waals surface area (Å²) in [6, 6.07) is 9.32. The molecule has 2 aromatic rings. The number of hydrogen-bond donors (Lipinski definition) is 0. The Kier molecular flexibility index (Phi) is 5.50. The van der Waals surface area contributed by atoms with Gasteiger partial charge in [0.15, 0.2) is 11.5 Å². The predicted octanol–water partition coefficient (Wildman–Crippen LogP) is 2.26.